The van der Waals surface area contributed by atoms with Crippen LogP contribution in [0.15, 0.2) is 11.1 Å². The average molecular weight is 243 g/mol. The lowest BCUT2D eigenvalue weighted by Gasteiger charge is -2.19. The number of sulfone groups is 1. The van der Waals surface area contributed by atoms with E-state index >= 15 is 0 Å². The summed E-state index contributed by atoms with van der Waals surface area (Å²) in [5.41, 5.74) is 0.235. The van der Waals surface area contributed by atoms with Gasteiger partial charge in [0.2, 0.25) is 0 Å². The fraction of sp³-hybridized carbons (Fsp3) is 0.545. The lowest BCUT2D eigenvalue weighted by Crippen LogP contribution is -2.18. The first-order valence-electron chi connectivity index (χ1n) is 5.14. The Morgan fingerprint density at radius 1 is 1.38 bits per heavy atom. The normalized spacial score (nSPS) is 18.5. The molecule has 0 bridgehead atoms. The molecule has 5 heteroatoms. The van der Waals surface area contributed by atoms with Crippen LogP contribution in [0.4, 0.5) is 4.39 Å². The van der Waals surface area contributed by atoms with Crippen molar-refractivity contribution in [1.82, 2.24) is 4.98 Å². The molecular formula is C11H14FNO2S. The Kier molecular flexibility index (Phi) is 2.35. The molecule has 1 aliphatic rings. The molecule has 2 rings (SSSR count). The quantitative estimate of drug-likeness (QED) is 0.698. The number of aryl methyl sites for hydroxylation is 1. The first kappa shape index (κ1) is 11.5. The SMILES string of the molecule is CC(C)(C)c1nc2c(cc1F)CCS2(=O)=O. The summed E-state index contributed by atoms with van der Waals surface area (Å²) in [6, 6.07) is 1.31. The lowest BCUT2D eigenvalue weighted by atomic mass is 9.91. The highest BCUT2D eigenvalue weighted by Gasteiger charge is 2.32. The molecule has 0 atom stereocenters. The van der Waals surface area contributed by atoms with Crippen molar-refractivity contribution in [1.29, 1.82) is 0 Å². The minimum atomic E-state index is -3.28. The molecular weight excluding hydrogens is 229 g/mol. The number of hydrogen-bond donors (Lipinski definition) is 0. The molecule has 0 aliphatic carbocycles. The topological polar surface area (TPSA) is 47.0 Å². The smallest absolute Gasteiger partial charge is 0.196 e. The van der Waals surface area contributed by atoms with Crippen LogP contribution in [0.3, 0.4) is 0 Å². The number of pyridine rings is 1. The van der Waals surface area contributed by atoms with Crippen molar-refractivity contribution in [3.63, 3.8) is 0 Å². The molecule has 1 aromatic heterocycles. The summed E-state index contributed by atoms with van der Waals surface area (Å²) in [4.78, 5) is 4.01. The molecule has 1 aromatic rings. The van der Waals surface area contributed by atoms with Gasteiger partial charge in [-0.05, 0) is 18.1 Å². The van der Waals surface area contributed by atoms with Gasteiger partial charge in [-0.1, -0.05) is 20.8 Å². The van der Waals surface area contributed by atoms with Crippen LogP contribution in [0.25, 0.3) is 0 Å². The monoisotopic (exact) mass is 243 g/mol. The van der Waals surface area contributed by atoms with Crippen molar-refractivity contribution in [3.8, 4) is 0 Å². The maximum absolute atomic E-state index is 13.7. The molecule has 16 heavy (non-hydrogen) atoms. The van der Waals surface area contributed by atoms with E-state index in [0.29, 0.717) is 12.0 Å². The lowest BCUT2D eigenvalue weighted by molar-refractivity contribution is 0.494. The molecule has 0 saturated heterocycles. The third kappa shape index (κ3) is 1.73. The fourth-order valence-electron chi connectivity index (χ4n) is 1.83. The van der Waals surface area contributed by atoms with Gasteiger partial charge in [-0.2, -0.15) is 0 Å². The number of halogens is 1. The molecule has 88 valence electrons. The van der Waals surface area contributed by atoms with Crippen molar-refractivity contribution in [2.24, 2.45) is 0 Å². The summed E-state index contributed by atoms with van der Waals surface area (Å²) < 4.78 is 37.1. The van der Waals surface area contributed by atoms with Crippen LogP contribution in [-0.2, 0) is 21.7 Å². The van der Waals surface area contributed by atoms with Crippen LogP contribution in [0.2, 0.25) is 0 Å². The van der Waals surface area contributed by atoms with Gasteiger partial charge in [0.15, 0.2) is 14.9 Å². The second kappa shape index (κ2) is 3.26. The summed E-state index contributed by atoms with van der Waals surface area (Å²) in [7, 11) is -3.28. The van der Waals surface area contributed by atoms with Crippen LogP contribution in [-0.4, -0.2) is 19.2 Å². The van der Waals surface area contributed by atoms with Crippen LogP contribution < -0.4 is 0 Å². The third-order valence-electron chi connectivity index (χ3n) is 2.66. The highest BCUT2D eigenvalue weighted by Crippen LogP contribution is 2.30. The number of aromatic nitrogens is 1. The van der Waals surface area contributed by atoms with Gasteiger partial charge in [0.25, 0.3) is 0 Å². The van der Waals surface area contributed by atoms with Crippen molar-refractivity contribution >= 4 is 9.84 Å². The molecule has 3 nitrogen and oxygen atoms in total. The standard InChI is InChI=1S/C11H14FNO2S/c1-11(2,3)9-8(12)6-7-4-5-16(14,15)10(7)13-9/h6H,4-5H2,1-3H3. The number of nitrogens with zero attached hydrogens (tertiary/aromatic N) is 1. The second-order valence-electron chi connectivity index (χ2n) is 5.10. The van der Waals surface area contributed by atoms with Gasteiger partial charge in [-0.3, -0.25) is 0 Å². The molecule has 0 amide bonds. The third-order valence-corrected chi connectivity index (χ3v) is 4.34. The Bertz CT molecular complexity index is 544. The van der Waals surface area contributed by atoms with E-state index in [1.807, 2.05) is 20.8 Å². The van der Waals surface area contributed by atoms with E-state index in [-0.39, 0.29) is 16.5 Å². The van der Waals surface area contributed by atoms with Gasteiger partial charge >= 0.3 is 0 Å². The zero-order valence-electron chi connectivity index (χ0n) is 9.54. The number of hydrogen-bond acceptors (Lipinski definition) is 3. The Hall–Kier alpha value is -0.970. The zero-order valence-corrected chi connectivity index (χ0v) is 10.4. The molecule has 1 aliphatic heterocycles. The van der Waals surface area contributed by atoms with Gasteiger partial charge in [-0.15, -0.1) is 0 Å². The Balaban J connectivity index is 2.70. The summed E-state index contributed by atoms with van der Waals surface area (Å²) >= 11 is 0. The zero-order chi connectivity index (χ0) is 12.1. The van der Waals surface area contributed by atoms with Gasteiger partial charge in [-0.25, -0.2) is 17.8 Å². The maximum Gasteiger partial charge on any atom is 0.196 e. The molecule has 0 fully saturated rings. The summed E-state index contributed by atoms with van der Waals surface area (Å²) in [5.74, 6) is -0.370. The van der Waals surface area contributed by atoms with Gasteiger partial charge in [0.1, 0.15) is 5.82 Å². The van der Waals surface area contributed by atoms with Crippen LogP contribution >= 0.6 is 0 Å². The van der Waals surface area contributed by atoms with E-state index in [1.54, 1.807) is 0 Å². The van der Waals surface area contributed by atoms with Crippen LogP contribution in [0, 0.1) is 5.82 Å². The van der Waals surface area contributed by atoms with Crippen LogP contribution in [0.1, 0.15) is 32.0 Å². The van der Waals surface area contributed by atoms with Crippen molar-refractivity contribution in [3.05, 3.63) is 23.1 Å². The summed E-state index contributed by atoms with van der Waals surface area (Å²) in [5, 5.41) is 0.0684. The largest absolute Gasteiger partial charge is 0.237 e. The Morgan fingerprint density at radius 2 is 2.00 bits per heavy atom. The molecule has 2 heterocycles. The highest BCUT2D eigenvalue weighted by molar-refractivity contribution is 7.91. The molecule has 0 unspecified atom stereocenters. The van der Waals surface area contributed by atoms with E-state index < -0.39 is 21.1 Å². The first-order chi connectivity index (χ1) is 7.22. The van der Waals surface area contributed by atoms with Gasteiger partial charge < -0.3 is 0 Å². The van der Waals surface area contributed by atoms with E-state index in [1.165, 1.54) is 6.07 Å². The molecule has 0 saturated carbocycles. The van der Waals surface area contributed by atoms with E-state index in [4.69, 9.17) is 0 Å². The predicted octanol–water partition coefficient (Wildman–Crippen LogP) is 1.85. The summed E-state index contributed by atoms with van der Waals surface area (Å²) in [6.45, 7) is 5.44. The number of rotatable bonds is 0. The van der Waals surface area contributed by atoms with Crippen molar-refractivity contribution in [2.75, 3.05) is 5.75 Å². The first-order valence-corrected chi connectivity index (χ1v) is 6.80. The number of fused-ring (bicyclic) bond motifs is 1. The average Bonchev–Trinajstić information content (AvgIpc) is 2.39. The van der Waals surface area contributed by atoms with E-state index in [2.05, 4.69) is 4.98 Å². The summed E-state index contributed by atoms with van der Waals surface area (Å²) in [6.07, 6.45) is 0.367. The van der Waals surface area contributed by atoms with Crippen LogP contribution in [0.5, 0.6) is 0 Å². The minimum absolute atomic E-state index is 0.0440. The minimum Gasteiger partial charge on any atom is -0.237 e. The molecule has 0 aromatic carbocycles. The Morgan fingerprint density at radius 3 is 2.56 bits per heavy atom. The highest BCUT2D eigenvalue weighted by atomic mass is 32.2. The maximum atomic E-state index is 13.7. The van der Waals surface area contributed by atoms with Crippen molar-refractivity contribution in [2.45, 2.75) is 37.6 Å². The van der Waals surface area contributed by atoms with Gasteiger partial charge in [0, 0.05) is 5.41 Å². The van der Waals surface area contributed by atoms with E-state index in [9.17, 15) is 12.8 Å². The molecule has 0 radical (unpaired) electrons. The van der Waals surface area contributed by atoms with Gasteiger partial charge in [0.05, 0.1) is 11.4 Å². The molecule has 0 N–H and O–H groups in total. The Labute approximate surface area is 94.6 Å². The predicted molar refractivity (Wildman–Crippen MR) is 58.7 cm³/mol. The van der Waals surface area contributed by atoms with Crippen molar-refractivity contribution < 1.29 is 12.8 Å². The second-order valence-corrected chi connectivity index (χ2v) is 7.13. The van der Waals surface area contributed by atoms with E-state index in [0.717, 1.165) is 0 Å². The fourth-order valence-corrected chi connectivity index (χ4v) is 3.30. The molecule has 0 spiro atoms.